The molecule has 1 aromatic rings. The van der Waals surface area contributed by atoms with Crippen LogP contribution in [0.1, 0.15) is 49.4 Å². The zero-order chi connectivity index (χ0) is 17.6. The minimum absolute atomic E-state index is 0.0122. The molecule has 136 valence electrons. The first-order chi connectivity index (χ1) is 12.2. The van der Waals surface area contributed by atoms with E-state index in [1.54, 1.807) is 31.2 Å². The zero-order valence-electron chi connectivity index (χ0n) is 15.0. The second kappa shape index (κ2) is 8.48. The van der Waals surface area contributed by atoms with Crippen LogP contribution in [0.3, 0.4) is 0 Å². The van der Waals surface area contributed by atoms with E-state index < -0.39 is 0 Å². The van der Waals surface area contributed by atoms with E-state index in [0.717, 1.165) is 24.9 Å². The normalized spacial score (nSPS) is 23.6. The Kier molecular flexibility index (Phi) is 6.08. The van der Waals surface area contributed by atoms with E-state index >= 15 is 0 Å². The number of piperidine rings is 1. The molecule has 25 heavy (non-hydrogen) atoms. The molecule has 1 N–H and O–H groups in total. The number of ether oxygens (including phenoxy) is 1. The first-order valence-electron chi connectivity index (χ1n) is 9.45. The number of nitrogens with one attached hydrogen (secondary N) is 1. The van der Waals surface area contributed by atoms with Gasteiger partial charge in [-0.25, -0.2) is 4.79 Å². The van der Waals surface area contributed by atoms with Gasteiger partial charge < -0.3 is 10.1 Å². The second-order valence-corrected chi connectivity index (χ2v) is 7.17. The number of esters is 1. The molecule has 1 heterocycles. The molecule has 5 heteroatoms. The van der Waals surface area contributed by atoms with Crippen LogP contribution in [-0.2, 0) is 9.53 Å². The summed E-state index contributed by atoms with van der Waals surface area (Å²) in [6, 6.07) is 6.86. The number of carbonyl (C=O) groups is 2. The molecule has 0 bridgehead atoms. The maximum absolute atomic E-state index is 12.3. The van der Waals surface area contributed by atoms with Crippen molar-refractivity contribution in [3.8, 4) is 0 Å². The molecule has 0 aromatic heterocycles. The Balaban J connectivity index is 1.48. The van der Waals surface area contributed by atoms with Crippen LogP contribution in [0, 0.1) is 11.8 Å². The fourth-order valence-corrected chi connectivity index (χ4v) is 4.13. The van der Waals surface area contributed by atoms with Crippen LogP contribution in [0.5, 0.6) is 0 Å². The molecule has 0 radical (unpaired) electrons. The molecule has 2 aliphatic rings. The monoisotopic (exact) mass is 344 g/mol. The van der Waals surface area contributed by atoms with Crippen molar-refractivity contribution in [1.82, 2.24) is 4.90 Å². The predicted molar refractivity (Wildman–Crippen MR) is 97.5 cm³/mol. The summed E-state index contributed by atoms with van der Waals surface area (Å²) in [5.41, 5.74) is 1.21. The first kappa shape index (κ1) is 17.9. The van der Waals surface area contributed by atoms with Crippen molar-refractivity contribution >= 4 is 17.6 Å². The average molecular weight is 344 g/mol. The van der Waals surface area contributed by atoms with Crippen LogP contribution < -0.4 is 5.32 Å². The largest absolute Gasteiger partial charge is 0.462 e. The van der Waals surface area contributed by atoms with E-state index in [9.17, 15) is 9.59 Å². The Labute approximate surface area is 149 Å². The molecule has 0 unspecified atom stereocenters. The highest BCUT2D eigenvalue weighted by atomic mass is 16.5. The predicted octanol–water partition coefficient (Wildman–Crippen LogP) is 3.31. The molecule has 1 amide bonds. The molecular formula is C20H28N2O3. The van der Waals surface area contributed by atoms with Crippen LogP contribution in [0.2, 0.25) is 0 Å². The minimum atomic E-state index is -0.337. The number of amides is 1. The van der Waals surface area contributed by atoms with Crippen molar-refractivity contribution in [3.63, 3.8) is 0 Å². The van der Waals surface area contributed by atoms with Crippen LogP contribution in [0.4, 0.5) is 5.69 Å². The summed E-state index contributed by atoms with van der Waals surface area (Å²) in [5.74, 6) is 1.33. The summed E-state index contributed by atoms with van der Waals surface area (Å²) in [5, 5.41) is 2.93. The van der Waals surface area contributed by atoms with Gasteiger partial charge in [0.15, 0.2) is 0 Å². The van der Waals surface area contributed by atoms with Gasteiger partial charge in [-0.3, -0.25) is 9.69 Å². The molecule has 2 fully saturated rings. The standard InChI is InChI=1S/C20H28N2O3/c1-2-25-20(24)16-7-9-18(10-8-16)21-19(23)14-22-12-11-15-5-3-4-6-17(15)13-22/h7-10,15,17H,2-6,11-14H2,1H3,(H,21,23)/t15-,17-/m1/s1. The maximum Gasteiger partial charge on any atom is 0.338 e. The van der Waals surface area contributed by atoms with Crippen LogP contribution >= 0.6 is 0 Å². The van der Waals surface area contributed by atoms with Crippen molar-refractivity contribution in [2.24, 2.45) is 11.8 Å². The summed E-state index contributed by atoms with van der Waals surface area (Å²) in [4.78, 5) is 26.2. The van der Waals surface area contributed by atoms with Gasteiger partial charge in [-0.15, -0.1) is 0 Å². The lowest BCUT2D eigenvalue weighted by Crippen LogP contribution is -2.44. The number of carbonyl (C=O) groups excluding carboxylic acids is 2. The van der Waals surface area contributed by atoms with E-state index in [1.807, 2.05) is 0 Å². The molecule has 3 rings (SSSR count). The van der Waals surface area contributed by atoms with Gasteiger partial charge in [-0.05, 0) is 62.4 Å². The first-order valence-corrected chi connectivity index (χ1v) is 9.45. The molecule has 1 saturated heterocycles. The number of hydrogen-bond donors (Lipinski definition) is 1. The number of anilines is 1. The van der Waals surface area contributed by atoms with Crippen LogP contribution in [0.15, 0.2) is 24.3 Å². The highest BCUT2D eigenvalue weighted by Gasteiger charge is 2.31. The van der Waals surface area contributed by atoms with Gasteiger partial charge in [0.1, 0.15) is 0 Å². The quantitative estimate of drug-likeness (QED) is 0.833. The third kappa shape index (κ3) is 4.82. The highest BCUT2D eigenvalue weighted by Crippen LogP contribution is 2.35. The average Bonchev–Trinajstić information content (AvgIpc) is 2.62. The Bertz CT molecular complexity index is 599. The van der Waals surface area contributed by atoms with Crippen molar-refractivity contribution in [2.75, 3.05) is 31.6 Å². The van der Waals surface area contributed by atoms with E-state index in [-0.39, 0.29) is 11.9 Å². The number of rotatable bonds is 5. The Morgan fingerprint density at radius 2 is 1.84 bits per heavy atom. The molecule has 2 atom stereocenters. The smallest absolute Gasteiger partial charge is 0.338 e. The van der Waals surface area contributed by atoms with Gasteiger partial charge >= 0.3 is 5.97 Å². The second-order valence-electron chi connectivity index (χ2n) is 7.17. The number of benzene rings is 1. The topological polar surface area (TPSA) is 58.6 Å². The molecule has 5 nitrogen and oxygen atoms in total. The zero-order valence-corrected chi connectivity index (χ0v) is 15.0. The lowest BCUT2D eigenvalue weighted by molar-refractivity contribution is -0.118. The number of fused-ring (bicyclic) bond motifs is 1. The summed E-state index contributed by atoms with van der Waals surface area (Å²) >= 11 is 0. The lowest BCUT2D eigenvalue weighted by Gasteiger charge is -2.41. The minimum Gasteiger partial charge on any atom is -0.462 e. The third-order valence-electron chi connectivity index (χ3n) is 5.42. The Morgan fingerprint density at radius 1 is 1.12 bits per heavy atom. The molecule has 0 spiro atoms. The summed E-state index contributed by atoms with van der Waals surface area (Å²) in [6.07, 6.45) is 6.64. The summed E-state index contributed by atoms with van der Waals surface area (Å²) in [7, 11) is 0. The van der Waals surface area contributed by atoms with Crippen molar-refractivity contribution in [3.05, 3.63) is 29.8 Å². The fraction of sp³-hybridized carbons (Fsp3) is 0.600. The molecule has 1 aliphatic heterocycles. The van der Waals surface area contributed by atoms with Gasteiger partial charge in [0.2, 0.25) is 5.91 Å². The summed E-state index contributed by atoms with van der Waals surface area (Å²) < 4.78 is 4.96. The van der Waals surface area contributed by atoms with Gasteiger partial charge in [-0.2, -0.15) is 0 Å². The number of nitrogens with zero attached hydrogens (tertiary/aromatic N) is 1. The van der Waals surface area contributed by atoms with Crippen LogP contribution in [-0.4, -0.2) is 43.0 Å². The van der Waals surface area contributed by atoms with Crippen molar-refractivity contribution in [2.45, 2.75) is 39.0 Å². The van der Waals surface area contributed by atoms with Crippen molar-refractivity contribution < 1.29 is 14.3 Å². The van der Waals surface area contributed by atoms with E-state index in [1.165, 1.54) is 32.1 Å². The van der Waals surface area contributed by atoms with Crippen molar-refractivity contribution in [1.29, 1.82) is 0 Å². The molecular weight excluding hydrogens is 316 g/mol. The fourth-order valence-electron chi connectivity index (χ4n) is 4.13. The molecule has 1 aliphatic carbocycles. The number of likely N-dealkylation sites (tertiary alicyclic amines) is 1. The van der Waals surface area contributed by atoms with Gasteiger partial charge in [0.25, 0.3) is 0 Å². The van der Waals surface area contributed by atoms with E-state index in [0.29, 0.717) is 24.4 Å². The summed E-state index contributed by atoms with van der Waals surface area (Å²) in [6.45, 7) is 4.66. The third-order valence-corrected chi connectivity index (χ3v) is 5.42. The van der Waals surface area contributed by atoms with Gasteiger partial charge in [0, 0.05) is 12.2 Å². The molecule has 1 aromatic carbocycles. The van der Waals surface area contributed by atoms with Gasteiger partial charge in [0.05, 0.1) is 18.7 Å². The van der Waals surface area contributed by atoms with Crippen LogP contribution in [0.25, 0.3) is 0 Å². The number of hydrogen-bond acceptors (Lipinski definition) is 4. The van der Waals surface area contributed by atoms with E-state index in [4.69, 9.17) is 4.74 Å². The van der Waals surface area contributed by atoms with E-state index in [2.05, 4.69) is 10.2 Å². The Morgan fingerprint density at radius 3 is 2.56 bits per heavy atom. The maximum atomic E-state index is 12.3. The highest BCUT2D eigenvalue weighted by molar-refractivity contribution is 5.94. The lowest BCUT2D eigenvalue weighted by atomic mass is 9.75. The van der Waals surface area contributed by atoms with Gasteiger partial charge in [-0.1, -0.05) is 19.3 Å². The Hall–Kier alpha value is -1.88. The molecule has 1 saturated carbocycles. The SMILES string of the molecule is CCOC(=O)c1ccc(NC(=O)CN2CC[C@H]3CCCC[C@@H]3C2)cc1.